The van der Waals surface area contributed by atoms with Crippen LogP contribution in [0, 0.1) is 5.41 Å². The summed E-state index contributed by atoms with van der Waals surface area (Å²) in [6, 6.07) is 9.58. The van der Waals surface area contributed by atoms with Crippen LogP contribution in [0.4, 0.5) is 5.82 Å². The van der Waals surface area contributed by atoms with Gasteiger partial charge in [0.25, 0.3) is 5.91 Å². The summed E-state index contributed by atoms with van der Waals surface area (Å²) in [5, 5.41) is 11.9. The lowest BCUT2D eigenvalue weighted by molar-refractivity contribution is 0.0752. The first-order chi connectivity index (χ1) is 11.4. The number of anilines is 1. The Labute approximate surface area is 145 Å². The number of pyridine rings is 1. The predicted molar refractivity (Wildman–Crippen MR) is 97.2 cm³/mol. The molecule has 0 atom stereocenters. The molecule has 0 fully saturated rings. The zero-order valence-electron chi connectivity index (χ0n) is 14.0. The van der Waals surface area contributed by atoms with E-state index < -0.39 is 5.41 Å². The molecule has 3 rings (SSSR count). The van der Waals surface area contributed by atoms with E-state index in [-0.39, 0.29) is 5.91 Å². The van der Waals surface area contributed by atoms with Gasteiger partial charge >= 0.3 is 0 Å². The highest BCUT2D eigenvalue weighted by molar-refractivity contribution is 7.07. The van der Waals surface area contributed by atoms with Gasteiger partial charge in [0.05, 0.1) is 5.69 Å². The van der Waals surface area contributed by atoms with Gasteiger partial charge in [-0.05, 0) is 34.5 Å². The second kappa shape index (κ2) is 6.57. The van der Waals surface area contributed by atoms with Crippen molar-refractivity contribution in [3.05, 3.63) is 52.9 Å². The molecule has 0 bridgehead atoms. The van der Waals surface area contributed by atoms with Gasteiger partial charge in [-0.15, -0.1) is 0 Å². The summed E-state index contributed by atoms with van der Waals surface area (Å²) in [5.41, 5.74) is 2.08. The zero-order chi connectivity index (χ0) is 17.2. The van der Waals surface area contributed by atoms with Gasteiger partial charge in [0.1, 0.15) is 11.5 Å². The van der Waals surface area contributed by atoms with Gasteiger partial charge in [0.15, 0.2) is 0 Å². The molecule has 6 heteroatoms. The van der Waals surface area contributed by atoms with E-state index >= 15 is 0 Å². The van der Waals surface area contributed by atoms with E-state index in [9.17, 15) is 4.79 Å². The third kappa shape index (κ3) is 3.54. The summed E-state index contributed by atoms with van der Waals surface area (Å²) < 4.78 is 1.45. The first kappa shape index (κ1) is 16.4. The van der Waals surface area contributed by atoms with Crippen LogP contribution in [0.15, 0.2) is 47.3 Å². The first-order valence-corrected chi connectivity index (χ1v) is 8.70. The highest BCUT2D eigenvalue weighted by atomic mass is 32.1. The number of nitrogens with one attached hydrogen (secondary N) is 1. The van der Waals surface area contributed by atoms with Crippen LogP contribution in [0.25, 0.3) is 11.4 Å². The Morgan fingerprint density at radius 2 is 2.08 bits per heavy atom. The van der Waals surface area contributed by atoms with E-state index in [4.69, 9.17) is 0 Å². The van der Waals surface area contributed by atoms with Crippen LogP contribution in [-0.4, -0.2) is 20.7 Å². The highest BCUT2D eigenvalue weighted by Gasteiger charge is 2.27. The monoisotopic (exact) mass is 340 g/mol. The Kier molecular flexibility index (Phi) is 4.49. The van der Waals surface area contributed by atoms with Crippen LogP contribution < -0.4 is 5.32 Å². The number of thiophene rings is 1. The molecule has 0 amide bonds. The standard InChI is InChI=1S/C18H20N4OS/c1-18(2,3)17(23)22-16(20-11-13-7-9-24-12-13)10-15(21-22)14-6-4-5-8-19-14/h4-10,12,20H,11H2,1-3H3. The maximum atomic E-state index is 12.7. The van der Waals surface area contributed by atoms with Gasteiger partial charge in [0.2, 0.25) is 0 Å². The molecule has 3 heterocycles. The minimum absolute atomic E-state index is 0.0579. The summed E-state index contributed by atoms with van der Waals surface area (Å²) in [7, 11) is 0. The lowest BCUT2D eigenvalue weighted by Crippen LogP contribution is -2.28. The molecule has 0 radical (unpaired) electrons. The van der Waals surface area contributed by atoms with Crippen LogP contribution in [-0.2, 0) is 6.54 Å². The molecule has 3 aromatic heterocycles. The highest BCUT2D eigenvalue weighted by Crippen LogP contribution is 2.25. The molecule has 0 aromatic carbocycles. The van der Waals surface area contributed by atoms with Gasteiger partial charge in [-0.3, -0.25) is 9.78 Å². The third-order valence-corrected chi connectivity index (χ3v) is 4.26. The number of carbonyl (C=O) groups is 1. The van der Waals surface area contributed by atoms with E-state index in [2.05, 4.69) is 26.8 Å². The lowest BCUT2D eigenvalue weighted by atomic mass is 9.96. The van der Waals surface area contributed by atoms with Crippen molar-refractivity contribution in [2.24, 2.45) is 5.41 Å². The number of aromatic nitrogens is 3. The largest absolute Gasteiger partial charge is 0.366 e. The van der Waals surface area contributed by atoms with Crippen molar-refractivity contribution in [1.82, 2.24) is 14.8 Å². The second-order valence-electron chi connectivity index (χ2n) is 6.58. The van der Waals surface area contributed by atoms with E-state index in [1.165, 1.54) is 10.2 Å². The minimum Gasteiger partial charge on any atom is -0.366 e. The fourth-order valence-corrected chi connectivity index (χ4v) is 2.87. The normalized spacial score (nSPS) is 11.5. The molecule has 0 saturated carbocycles. The Hall–Kier alpha value is -2.47. The topological polar surface area (TPSA) is 59.8 Å². The van der Waals surface area contributed by atoms with Crippen molar-refractivity contribution in [3.8, 4) is 11.4 Å². The van der Waals surface area contributed by atoms with Gasteiger partial charge < -0.3 is 5.32 Å². The summed E-state index contributed by atoms with van der Waals surface area (Å²) in [6.07, 6.45) is 1.72. The Morgan fingerprint density at radius 1 is 1.25 bits per heavy atom. The third-order valence-electron chi connectivity index (χ3n) is 3.52. The van der Waals surface area contributed by atoms with Crippen LogP contribution in [0.3, 0.4) is 0 Å². The molecule has 0 aliphatic rings. The molecule has 0 unspecified atom stereocenters. The number of hydrogen-bond donors (Lipinski definition) is 1. The van der Waals surface area contributed by atoms with Crippen molar-refractivity contribution in [2.75, 3.05) is 5.32 Å². The minimum atomic E-state index is -0.522. The Morgan fingerprint density at radius 3 is 2.71 bits per heavy atom. The summed E-state index contributed by atoms with van der Waals surface area (Å²) in [6.45, 7) is 6.31. The average molecular weight is 340 g/mol. The van der Waals surface area contributed by atoms with Crippen molar-refractivity contribution < 1.29 is 4.79 Å². The van der Waals surface area contributed by atoms with Crippen molar-refractivity contribution in [1.29, 1.82) is 0 Å². The number of rotatable bonds is 4. The zero-order valence-corrected chi connectivity index (χ0v) is 14.8. The van der Waals surface area contributed by atoms with Crippen molar-refractivity contribution in [3.63, 3.8) is 0 Å². The maximum absolute atomic E-state index is 12.7. The smallest absolute Gasteiger partial charge is 0.254 e. The first-order valence-electron chi connectivity index (χ1n) is 7.76. The molecule has 0 aliphatic heterocycles. The van der Waals surface area contributed by atoms with E-state index in [1.807, 2.05) is 50.4 Å². The molecule has 1 N–H and O–H groups in total. The number of carbonyl (C=O) groups excluding carboxylic acids is 1. The molecule has 0 aliphatic carbocycles. The van der Waals surface area contributed by atoms with Gasteiger partial charge in [-0.25, -0.2) is 0 Å². The van der Waals surface area contributed by atoms with Crippen LogP contribution in [0.5, 0.6) is 0 Å². The van der Waals surface area contributed by atoms with Crippen LogP contribution in [0.1, 0.15) is 31.1 Å². The summed E-state index contributed by atoms with van der Waals surface area (Å²) in [5.74, 6) is 0.624. The molecule has 5 nitrogen and oxygen atoms in total. The van der Waals surface area contributed by atoms with Crippen LogP contribution in [0.2, 0.25) is 0 Å². The summed E-state index contributed by atoms with van der Waals surface area (Å²) >= 11 is 1.65. The molecule has 0 spiro atoms. The molecular formula is C18H20N4OS. The number of hydrogen-bond acceptors (Lipinski definition) is 5. The fraction of sp³-hybridized carbons (Fsp3) is 0.278. The van der Waals surface area contributed by atoms with E-state index in [0.717, 1.165) is 5.69 Å². The van der Waals surface area contributed by atoms with Crippen molar-refractivity contribution >= 4 is 23.1 Å². The Balaban J connectivity index is 1.95. The average Bonchev–Trinajstić information content (AvgIpc) is 3.21. The Bertz CT molecular complexity index is 817. The molecule has 124 valence electrons. The lowest BCUT2D eigenvalue weighted by Gasteiger charge is -2.18. The SMILES string of the molecule is CC(C)(C)C(=O)n1nc(-c2ccccn2)cc1NCc1ccsc1. The fourth-order valence-electron chi connectivity index (χ4n) is 2.20. The van der Waals surface area contributed by atoms with E-state index in [0.29, 0.717) is 18.1 Å². The second-order valence-corrected chi connectivity index (χ2v) is 7.36. The predicted octanol–water partition coefficient (Wildman–Crippen LogP) is 4.31. The molecule has 24 heavy (non-hydrogen) atoms. The van der Waals surface area contributed by atoms with E-state index in [1.54, 1.807) is 17.5 Å². The summed E-state index contributed by atoms with van der Waals surface area (Å²) in [4.78, 5) is 17.1. The van der Waals surface area contributed by atoms with Gasteiger partial charge in [0, 0.05) is 24.2 Å². The van der Waals surface area contributed by atoms with Crippen LogP contribution >= 0.6 is 11.3 Å². The van der Waals surface area contributed by atoms with Gasteiger partial charge in [-0.1, -0.05) is 26.8 Å². The molecule has 3 aromatic rings. The van der Waals surface area contributed by atoms with Gasteiger partial charge in [-0.2, -0.15) is 21.1 Å². The number of nitrogens with zero attached hydrogens (tertiary/aromatic N) is 3. The maximum Gasteiger partial charge on any atom is 0.254 e. The van der Waals surface area contributed by atoms with Crippen molar-refractivity contribution in [2.45, 2.75) is 27.3 Å². The molecular weight excluding hydrogens is 320 g/mol. The quantitative estimate of drug-likeness (QED) is 0.769. The molecule has 0 saturated heterocycles.